The van der Waals surface area contributed by atoms with Crippen molar-refractivity contribution in [1.29, 1.82) is 0 Å². The van der Waals surface area contributed by atoms with E-state index in [4.69, 9.17) is 11.6 Å². The van der Waals surface area contributed by atoms with Crippen LogP contribution >= 0.6 is 27.5 Å². The molecule has 8 heteroatoms. The first-order chi connectivity index (χ1) is 8.58. The lowest BCUT2D eigenvalue weighted by atomic mass is 10.2. The summed E-state index contributed by atoms with van der Waals surface area (Å²) in [6.45, 7) is 1.77. The van der Waals surface area contributed by atoms with Gasteiger partial charge in [-0.15, -0.1) is 10.2 Å². The van der Waals surface area contributed by atoms with Gasteiger partial charge >= 0.3 is 0 Å². The van der Waals surface area contributed by atoms with Crippen molar-refractivity contribution in [1.82, 2.24) is 25.9 Å². The lowest BCUT2D eigenvalue weighted by molar-refractivity contribution is 0.0937. The quantitative estimate of drug-likeness (QED) is 0.903. The highest BCUT2D eigenvalue weighted by molar-refractivity contribution is 9.10. The fourth-order valence-corrected chi connectivity index (χ4v) is 2.23. The molecule has 2 rings (SSSR count). The van der Waals surface area contributed by atoms with Gasteiger partial charge < -0.3 is 5.32 Å². The van der Waals surface area contributed by atoms with Gasteiger partial charge in [0.25, 0.3) is 5.91 Å². The van der Waals surface area contributed by atoms with Gasteiger partial charge in [0.1, 0.15) is 0 Å². The van der Waals surface area contributed by atoms with Crippen molar-refractivity contribution in [3.63, 3.8) is 0 Å². The van der Waals surface area contributed by atoms with Gasteiger partial charge in [0, 0.05) is 9.50 Å². The highest BCUT2D eigenvalue weighted by Crippen LogP contribution is 2.22. The minimum Gasteiger partial charge on any atom is -0.342 e. The molecule has 0 bridgehead atoms. The zero-order valence-electron chi connectivity index (χ0n) is 9.32. The van der Waals surface area contributed by atoms with Gasteiger partial charge in [-0.25, -0.2) is 0 Å². The Morgan fingerprint density at radius 1 is 1.56 bits per heavy atom. The fraction of sp³-hybridized carbons (Fsp3) is 0.200. The number of benzene rings is 1. The first-order valence-electron chi connectivity index (χ1n) is 5.07. The van der Waals surface area contributed by atoms with Crippen LogP contribution in [0.15, 0.2) is 22.7 Å². The maximum Gasteiger partial charge on any atom is 0.253 e. The predicted molar refractivity (Wildman–Crippen MR) is 69.2 cm³/mol. The number of nitrogens with one attached hydrogen (secondary N) is 2. The highest BCUT2D eigenvalue weighted by atomic mass is 79.9. The van der Waals surface area contributed by atoms with Crippen LogP contribution < -0.4 is 5.32 Å². The molecule has 0 saturated heterocycles. The average Bonchev–Trinajstić information content (AvgIpc) is 2.81. The van der Waals surface area contributed by atoms with Crippen LogP contribution in [-0.4, -0.2) is 26.5 Å². The minimum absolute atomic E-state index is 0.240. The van der Waals surface area contributed by atoms with Crippen molar-refractivity contribution in [2.75, 3.05) is 0 Å². The number of carbonyl (C=O) groups excluding carboxylic acids is 1. The molecule has 2 N–H and O–H groups in total. The molecule has 0 aliphatic heterocycles. The molecule has 0 spiro atoms. The number of hydrogen-bond acceptors (Lipinski definition) is 4. The van der Waals surface area contributed by atoms with Crippen LogP contribution in [0.1, 0.15) is 29.1 Å². The predicted octanol–water partition coefficient (Wildman–Crippen LogP) is 2.11. The number of rotatable bonds is 3. The number of aromatic amines is 1. The second-order valence-corrected chi connectivity index (χ2v) is 4.88. The molecule has 2 aromatic rings. The van der Waals surface area contributed by atoms with E-state index in [-0.39, 0.29) is 11.9 Å². The highest BCUT2D eigenvalue weighted by Gasteiger charge is 2.16. The van der Waals surface area contributed by atoms with E-state index in [0.29, 0.717) is 20.9 Å². The normalized spacial score (nSPS) is 12.2. The molecule has 1 aromatic carbocycles. The Labute approximate surface area is 116 Å². The van der Waals surface area contributed by atoms with E-state index in [1.54, 1.807) is 25.1 Å². The monoisotopic (exact) mass is 329 g/mol. The van der Waals surface area contributed by atoms with Crippen LogP contribution in [0.25, 0.3) is 0 Å². The molecule has 0 aliphatic rings. The van der Waals surface area contributed by atoms with Gasteiger partial charge in [-0.2, -0.15) is 5.21 Å². The Morgan fingerprint density at radius 3 is 2.94 bits per heavy atom. The lowest BCUT2D eigenvalue weighted by Crippen LogP contribution is -2.27. The molecule has 0 saturated carbocycles. The number of nitrogens with zero attached hydrogens (tertiary/aromatic N) is 3. The molecule has 6 nitrogen and oxygen atoms in total. The summed E-state index contributed by atoms with van der Waals surface area (Å²) in [5.41, 5.74) is 0.495. The molecule has 1 aromatic heterocycles. The summed E-state index contributed by atoms with van der Waals surface area (Å²) >= 11 is 9.11. The van der Waals surface area contributed by atoms with Gasteiger partial charge in [-0.05, 0) is 41.1 Å². The smallest absolute Gasteiger partial charge is 0.253 e. The summed E-state index contributed by atoms with van der Waals surface area (Å²) in [4.78, 5) is 12.0. The van der Waals surface area contributed by atoms with Crippen molar-refractivity contribution >= 4 is 33.4 Å². The third-order valence-electron chi connectivity index (χ3n) is 2.27. The fourth-order valence-electron chi connectivity index (χ4n) is 1.37. The first-order valence-corrected chi connectivity index (χ1v) is 6.24. The van der Waals surface area contributed by atoms with E-state index in [1.807, 2.05) is 0 Å². The molecule has 18 heavy (non-hydrogen) atoms. The maximum absolute atomic E-state index is 12.0. The van der Waals surface area contributed by atoms with Crippen molar-refractivity contribution in [2.45, 2.75) is 13.0 Å². The van der Waals surface area contributed by atoms with E-state index in [1.165, 1.54) is 0 Å². The van der Waals surface area contributed by atoms with E-state index in [0.717, 1.165) is 0 Å². The molecular weight excluding hydrogens is 322 g/mol. The zero-order chi connectivity index (χ0) is 13.1. The minimum atomic E-state index is -0.334. The number of carbonyl (C=O) groups is 1. The number of amides is 1. The number of aromatic nitrogens is 4. The molecule has 1 amide bonds. The van der Waals surface area contributed by atoms with Crippen molar-refractivity contribution in [3.05, 3.63) is 39.1 Å². The number of tetrazole rings is 1. The number of hydrogen-bond donors (Lipinski definition) is 2. The van der Waals surface area contributed by atoms with Gasteiger partial charge in [0.05, 0.1) is 11.6 Å². The second-order valence-electron chi connectivity index (χ2n) is 3.59. The second kappa shape index (κ2) is 5.45. The van der Waals surface area contributed by atoms with E-state index in [2.05, 4.69) is 41.9 Å². The molecule has 1 atom stereocenters. The van der Waals surface area contributed by atoms with Gasteiger partial charge in [-0.3, -0.25) is 4.79 Å². The summed E-state index contributed by atoms with van der Waals surface area (Å²) in [5, 5.41) is 16.7. The van der Waals surface area contributed by atoms with Crippen LogP contribution in [0.5, 0.6) is 0 Å². The standard InChI is InChI=1S/C10H9BrClN5O/c1-5(9-14-16-17-15-9)13-10(18)7-3-2-6(12)4-8(7)11/h2-5H,1H3,(H,13,18)(H,14,15,16,17). The van der Waals surface area contributed by atoms with Gasteiger partial charge in [-0.1, -0.05) is 16.8 Å². The summed E-state index contributed by atoms with van der Waals surface area (Å²) in [7, 11) is 0. The van der Waals surface area contributed by atoms with Gasteiger partial charge in [0.2, 0.25) is 0 Å². The largest absolute Gasteiger partial charge is 0.342 e. The topological polar surface area (TPSA) is 83.6 Å². The van der Waals surface area contributed by atoms with Crippen LogP contribution in [0.3, 0.4) is 0 Å². The number of halogens is 2. The summed E-state index contributed by atoms with van der Waals surface area (Å²) < 4.78 is 0.632. The SMILES string of the molecule is CC(NC(=O)c1ccc(Cl)cc1Br)c1nn[nH]n1. The third kappa shape index (κ3) is 2.85. The average molecular weight is 331 g/mol. The first kappa shape index (κ1) is 13.0. The number of H-pyrrole nitrogens is 1. The lowest BCUT2D eigenvalue weighted by Gasteiger charge is -2.11. The molecule has 0 aliphatic carbocycles. The molecule has 1 unspecified atom stereocenters. The Bertz CT molecular complexity index is 559. The van der Waals surface area contributed by atoms with E-state index in [9.17, 15) is 4.79 Å². The van der Waals surface area contributed by atoms with Crippen molar-refractivity contribution in [3.8, 4) is 0 Å². The van der Waals surface area contributed by atoms with E-state index >= 15 is 0 Å². The Morgan fingerprint density at radius 2 is 2.33 bits per heavy atom. The summed E-state index contributed by atoms with van der Waals surface area (Å²) in [6.07, 6.45) is 0. The van der Waals surface area contributed by atoms with Gasteiger partial charge in [0.15, 0.2) is 5.82 Å². The summed E-state index contributed by atoms with van der Waals surface area (Å²) in [6, 6.07) is 4.62. The molecular formula is C10H9BrClN5O. The van der Waals surface area contributed by atoms with Crippen molar-refractivity contribution < 1.29 is 4.79 Å². The molecule has 94 valence electrons. The van der Waals surface area contributed by atoms with Crippen LogP contribution in [0.4, 0.5) is 0 Å². The van der Waals surface area contributed by atoms with Crippen LogP contribution in [0, 0.1) is 0 Å². The molecule has 0 radical (unpaired) electrons. The zero-order valence-corrected chi connectivity index (χ0v) is 11.7. The van der Waals surface area contributed by atoms with E-state index < -0.39 is 0 Å². The Balaban J connectivity index is 2.12. The molecule has 1 heterocycles. The van der Waals surface area contributed by atoms with Crippen LogP contribution in [-0.2, 0) is 0 Å². The van der Waals surface area contributed by atoms with Crippen molar-refractivity contribution in [2.24, 2.45) is 0 Å². The Kier molecular flexibility index (Phi) is 3.93. The summed E-state index contributed by atoms with van der Waals surface area (Å²) in [5.74, 6) is 0.185. The maximum atomic E-state index is 12.0. The third-order valence-corrected chi connectivity index (χ3v) is 3.16. The molecule has 0 fully saturated rings. The van der Waals surface area contributed by atoms with Crippen LogP contribution in [0.2, 0.25) is 5.02 Å². The Hall–Kier alpha value is -1.47.